The van der Waals surface area contributed by atoms with Gasteiger partial charge in [-0.05, 0) is 24.3 Å². The predicted molar refractivity (Wildman–Crippen MR) is 79.9 cm³/mol. The summed E-state index contributed by atoms with van der Waals surface area (Å²) in [6.45, 7) is 0.687. The molecule has 0 saturated carbocycles. The van der Waals surface area contributed by atoms with Crippen LogP contribution in [0.3, 0.4) is 0 Å². The molecule has 3 rings (SSSR count). The summed E-state index contributed by atoms with van der Waals surface area (Å²) >= 11 is 0. The highest BCUT2D eigenvalue weighted by Crippen LogP contribution is 2.29. The molecule has 2 heteroatoms. The van der Waals surface area contributed by atoms with Gasteiger partial charge in [-0.25, -0.2) is 0 Å². The SMILES string of the molecule is [2H]C=C([2H])/C([2H])=C(/[2H])C(=N)c1ccc2c(c1)oc1ccccc12. The van der Waals surface area contributed by atoms with Gasteiger partial charge in [0.25, 0.3) is 0 Å². The van der Waals surface area contributed by atoms with Gasteiger partial charge in [0.05, 0.1) is 11.2 Å². The number of para-hydroxylation sites is 1. The largest absolute Gasteiger partial charge is 0.456 e. The first-order valence-electron chi connectivity index (χ1n) is 7.84. The molecule has 0 aliphatic carbocycles. The Bertz CT molecular complexity index is 985. The first-order valence-corrected chi connectivity index (χ1v) is 5.76. The molecule has 0 radical (unpaired) electrons. The second kappa shape index (κ2) is 4.58. The van der Waals surface area contributed by atoms with Crippen molar-refractivity contribution < 1.29 is 9.90 Å². The minimum atomic E-state index is -0.449. The maximum atomic E-state index is 8.07. The van der Waals surface area contributed by atoms with Crippen molar-refractivity contribution in [2.75, 3.05) is 0 Å². The number of rotatable bonds is 3. The monoisotopic (exact) mass is 251 g/mol. The standard InChI is InChI=1S/C17H13NO/c1-2-3-7-15(18)12-9-10-14-13-6-4-5-8-16(13)19-17(14)11-12/h2-11,18H,1H2/b7-3-,18-15?/i1D,2D,3D,7D/b2-1?,7-3-,18-15?. The predicted octanol–water partition coefficient (Wildman–Crippen LogP) is 4.70. The van der Waals surface area contributed by atoms with Crippen LogP contribution in [0.1, 0.15) is 11.0 Å². The summed E-state index contributed by atoms with van der Waals surface area (Å²) in [6.07, 6.45) is 0. The molecule has 0 amide bonds. The lowest BCUT2D eigenvalue weighted by Crippen LogP contribution is -1.92. The fraction of sp³-hybridized carbons (Fsp3) is 0. The number of furan rings is 1. The zero-order valence-electron chi connectivity index (χ0n) is 14.0. The third-order valence-corrected chi connectivity index (χ3v) is 2.93. The molecule has 19 heavy (non-hydrogen) atoms. The van der Waals surface area contributed by atoms with Crippen LogP contribution in [0.2, 0.25) is 0 Å². The molecular weight excluding hydrogens is 234 g/mol. The summed E-state index contributed by atoms with van der Waals surface area (Å²) in [4.78, 5) is 0. The van der Waals surface area contributed by atoms with Crippen LogP contribution in [0.5, 0.6) is 0 Å². The highest BCUT2D eigenvalue weighted by molar-refractivity contribution is 6.11. The zero-order valence-corrected chi connectivity index (χ0v) is 10.0. The van der Waals surface area contributed by atoms with Crippen LogP contribution in [0.25, 0.3) is 21.9 Å². The molecule has 92 valence electrons. The Morgan fingerprint density at radius 3 is 2.95 bits per heavy atom. The van der Waals surface area contributed by atoms with Crippen LogP contribution in [0.15, 0.2) is 71.6 Å². The van der Waals surface area contributed by atoms with E-state index in [2.05, 4.69) is 0 Å². The van der Waals surface area contributed by atoms with Crippen LogP contribution in [-0.2, 0) is 0 Å². The highest BCUT2D eigenvalue weighted by Gasteiger charge is 2.07. The van der Waals surface area contributed by atoms with Crippen molar-refractivity contribution in [3.05, 3.63) is 72.7 Å². The van der Waals surface area contributed by atoms with E-state index in [-0.39, 0.29) is 5.71 Å². The highest BCUT2D eigenvalue weighted by atomic mass is 16.3. The van der Waals surface area contributed by atoms with Crippen LogP contribution < -0.4 is 0 Å². The van der Waals surface area contributed by atoms with Crippen molar-refractivity contribution in [2.24, 2.45) is 0 Å². The van der Waals surface area contributed by atoms with Gasteiger partial charge < -0.3 is 9.83 Å². The summed E-state index contributed by atoms with van der Waals surface area (Å²) in [5.74, 6) is 0. The lowest BCUT2D eigenvalue weighted by Gasteiger charge is -1.98. The molecule has 0 bridgehead atoms. The molecule has 0 saturated heterocycles. The normalized spacial score (nSPS) is 16.5. The smallest absolute Gasteiger partial charge is 0.136 e. The Kier molecular flexibility index (Phi) is 1.86. The second-order valence-corrected chi connectivity index (χ2v) is 4.08. The summed E-state index contributed by atoms with van der Waals surface area (Å²) in [5, 5.41) is 9.97. The van der Waals surface area contributed by atoms with Crippen LogP contribution in [0, 0.1) is 5.41 Å². The minimum absolute atomic E-state index is 0.177. The van der Waals surface area contributed by atoms with Crippen LogP contribution in [-0.4, -0.2) is 5.71 Å². The van der Waals surface area contributed by atoms with Crippen molar-refractivity contribution in [3.63, 3.8) is 0 Å². The van der Waals surface area contributed by atoms with E-state index in [1.54, 1.807) is 12.1 Å². The van der Waals surface area contributed by atoms with Gasteiger partial charge in [-0.2, -0.15) is 0 Å². The van der Waals surface area contributed by atoms with Crippen molar-refractivity contribution in [1.82, 2.24) is 0 Å². The molecule has 0 aliphatic rings. The first kappa shape index (κ1) is 7.74. The van der Waals surface area contributed by atoms with Crippen LogP contribution in [0.4, 0.5) is 0 Å². The number of allylic oxidation sites excluding steroid dienone is 3. The summed E-state index contributed by atoms with van der Waals surface area (Å²) in [6, 6.07) is 11.6. The topological polar surface area (TPSA) is 37.0 Å². The molecule has 1 N–H and O–H groups in total. The number of hydrogen-bond acceptors (Lipinski definition) is 2. The van der Waals surface area contributed by atoms with E-state index >= 15 is 0 Å². The molecule has 2 nitrogen and oxygen atoms in total. The van der Waals surface area contributed by atoms with Gasteiger partial charge in [-0.15, -0.1) is 0 Å². The third kappa shape index (κ3) is 1.97. The molecule has 3 aromatic rings. The van der Waals surface area contributed by atoms with Gasteiger partial charge in [0.1, 0.15) is 11.2 Å². The maximum Gasteiger partial charge on any atom is 0.136 e. The number of hydrogen-bond donors (Lipinski definition) is 1. The van der Waals surface area contributed by atoms with Crippen LogP contribution >= 0.6 is 0 Å². The number of benzene rings is 2. The molecule has 0 spiro atoms. The van der Waals surface area contributed by atoms with E-state index in [9.17, 15) is 0 Å². The quantitative estimate of drug-likeness (QED) is 0.532. The second-order valence-electron chi connectivity index (χ2n) is 4.08. The molecule has 1 aromatic heterocycles. The Labute approximate surface area is 116 Å². The molecular formula is C17H13NO. The molecule has 0 atom stereocenters. The summed E-state index contributed by atoms with van der Waals surface area (Å²) in [7, 11) is 0. The van der Waals surface area contributed by atoms with Crippen molar-refractivity contribution in [2.45, 2.75) is 0 Å². The minimum Gasteiger partial charge on any atom is -0.456 e. The Hall–Kier alpha value is -2.61. The Morgan fingerprint density at radius 1 is 1.21 bits per heavy atom. The van der Waals surface area contributed by atoms with Crippen molar-refractivity contribution in [3.8, 4) is 0 Å². The molecule has 0 unspecified atom stereocenters. The van der Waals surface area contributed by atoms with E-state index in [0.29, 0.717) is 17.7 Å². The Morgan fingerprint density at radius 2 is 2.05 bits per heavy atom. The van der Waals surface area contributed by atoms with Gasteiger partial charge in [0.2, 0.25) is 0 Å². The number of fused-ring (bicyclic) bond motifs is 3. The lowest BCUT2D eigenvalue weighted by molar-refractivity contribution is 0.669. The molecule has 0 fully saturated rings. The maximum absolute atomic E-state index is 8.07. The summed E-state index contributed by atoms with van der Waals surface area (Å²) < 4.78 is 35.7. The zero-order chi connectivity index (χ0) is 16.6. The van der Waals surface area contributed by atoms with E-state index in [1.165, 1.54) is 0 Å². The van der Waals surface area contributed by atoms with E-state index < -0.39 is 18.2 Å². The van der Waals surface area contributed by atoms with Gasteiger partial charge in [0.15, 0.2) is 0 Å². The Balaban J connectivity index is 2.10. The summed E-state index contributed by atoms with van der Waals surface area (Å²) in [5.41, 5.74) is 1.61. The fourth-order valence-electron chi connectivity index (χ4n) is 2.05. The van der Waals surface area contributed by atoms with Gasteiger partial charge in [-0.3, -0.25) is 0 Å². The average molecular weight is 251 g/mol. The van der Waals surface area contributed by atoms with Gasteiger partial charge in [-0.1, -0.05) is 42.9 Å². The average Bonchev–Trinajstić information content (AvgIpc) is 2.96. The van der Waals surface area contributed by atoms with E-state index in [0.717, 1.165) is 16.4 Å². The lowest BCUT2D eigenvalue weighted by atomic mass is 10.1. The first-order chi connectivity index (χ1) is 11.0. The molecule has 0 aliphatic heterocycles. The van der Waals surface area contributed by atoms with Gasteiger partial charge in [0, 0.05) is 16.3 Å². The molecule has 2 aromatic carbocycles. The van der Waals surface area contributed by atoms with Crippen molar-refractivity contribution in [1.29, 1.82) is 5.41 Å². The molecule has 1 heterocycles. The van der Waals surface area contributed by atoms with E-state index in [1.807, 2.05) is 30.3 Å². The fourth-order valence-corrected chi connectivity index (χ4v) is 2.05. The van der Waals surface area contributed by atoms with Crippen molar-refractivity contribution >= 4 is 27.7 Å². The van der Waals surface area contributed by atoms with E-state index in [4.69, 9.17) is 15.3 Å². The van der Waals surface area contributed by atoms with Gasteiger partial charge >= 0.3 is 0 Å². The third-order valence-electron chi connectivity index (χ3n) is 2.93. The number of nitrogens with one attached hydrogen (secondary N) is 1.